The average molecular weight is 295 g/mol. The van der Waals surface area contributed by atoms with Crippen LogP contribution in [0.15, 0.2) is 23.1 Å². The Bertz CT molecular complexity index is 474. The Labute approximate surface area is 124 Å². The molecule has 2 rings (SSSR count). The zero-order valence-electron chi connectivity index (χ0n) is 12.4. The molecule has 0 saturated heterocycles. The summed E-state index contributed by atoms with van der Waals surface area (Å²) in [5.74, 6) is 0.869. The van der Waals surface area contributed by atoms with Crippen molar-refractivity contribution in [1.29, 1.82) is 0 Å². The fourth-order valence-corrected chi connectivity index (χ4v) is 3.71. The van der Waals surface area contributed by atoms with Gasteiger partial charge in [0.1, 0.15) is 0 Å². The summed E-state index contributed by atoms with van der Waals surface area (Å²) >= 11 is 0. The molecule has 0 amide bonds. The SMILES string of the molecule is CC(C)CNCC(O)CS(=O)c1ccc2c(c1)CCC2. The van der Waals surface area contributed by atoms with E-state index in [1.54, 1.807) is 0 Å². The van der Waals surface area contributed by atoms with Gasteiger partial charge in [-0.15, -0.1) is 0 Å². The Morgan fingerprint density at radius 2 is 2.00 bits per heavy atom. The molecule has 1 aromatic rings. The number of benzene rings is 1. The zero-order chi connectivity index (χ0) is 14.5. The van der Waals surface area contributed by atoms with Crippen molar-refractivity contribution < 1.29 is 9.32 Å². The van der Waals surface area contributed by atoms with Gasteiger partial charge >= 0.3 is 0 Å². The summed E-state index contributed by atoms with van der Waals surface area (Å²) in [6.07, 6.45) is 2.89. The van der Waals surface area contributed by atoms with Crippen molar-refractivity contribution in [2.24, 2.45) is 5.92 Å². The Hall–Kier alpha value is -0.710. The van der Waals surface area contributed by atoms with Crippen molar-refractivity contribution in [3.05, 3.63) is 29.3 Å². The standard InChI is InChI=1S/C16H25NO2S/c1-12(2)9-17-10-15(18)11-20(19)16-7-6-13-4-3-5-14(13)8-16/h6-8,12,15,17-18H,3-5,9-11H2,1-2H3. The Morgan fingerprint density at radius 1 is 1.25 bits per heavy atom. The topological polar surface area (TPSA) is 49.3 Å². The number of aliphatic hydroxyl groups excluding tert-OH is 1. The molecule has 1 aromatic carbocycles. The summed E-state index contributed by atoms with van der Waals surface area (Å²) < 4.78 is 12.3. The van der Waals surface area contributed by atoms with Crippen molar-refractivity contribution in [3.8, 4) is 0 Å². The minimum Gasteiger partial charge on any atom is -0.391 e. The molecule has 2 atom stereocenters. The number of rotatable bonds is 7. The van der Waals surface area contributed by atoms with Crippen molar-refractivity contribution in [1.82, 2.24) is 5.32 Å². The number of aryl methyl sites for hydroxylation is 2. The first kappa shape index (κ1) is 15.7. The second kappa shape index (κ2) is 7.34. The molecule has 112 valence electrons. The highest BCUT2D eigenvalue weighted by Crippen LogP contribution is 2.24. The molecule has 0 aliphatic heterocycles. The lowest BCUT2D eigenvalue weighted by Gasteiger charge is -2.13. The van der Waals surface area contributed by atoms with E-state index in [1.807, 2.05) is 6.07 Å². The van der Waals surface area contributed by atoms with E-state index in [0.717, 1.165) is 24.3 Å². The predicted octanol–water partition coefficient (Wildman–Crippen LogP) is 1.89. The van der Waals surface area contributed by atoms with Gasteiger partial charge in [-0.25, -0.2) is 0 Å². The molecule has 1 aliphatic rings. The maximum Gasteiger partial charge on any atom is 0.0783 e. The van der Waals surface area contributed by atoms with Crippen LogP contribution in [0.3, 0.4) is 0 Å². The Balaban J connectivity index is 1.85. The maximum absolute atomic E-state index is 12.3. The van der Waals surface area contributed by atoms with Crippen LogP contribution < -0.4 is 5.32 Å². The van der Waals surface area contributed by atoms with Crippen LogP contribution in [0.1, 0.15) is 31.4 Å². The maximum atomic E-state index is 12.3. The van der Waals surface area contributed by atoms with E-state index < -0.39 is 16.9 Å². The quantitative estimate of drug-likeness (QED) is 0.807. The smallest absolute Gasteiger partial charge is 0.0783 e. The van der Waals surface area contributed by atoms with Gasteiger partial charge in [-0.3, -0.25) is 4.21 Å². The van der Waals surface area contributed by atoms with Crippen molar-refractivity contribution in [2.45, 2.75) is 44.1 Å². The largest absolute Gasteiger partial charge is 0.391 e. The van der Waals surface area contributed by atoms with E-state index in [-0.39, 0.29) is 0 Å². The first-order valence-electron chi connectivity index (χ1n) is 7.45. The molecule has 20 heavy (non-hydrogen) atoms. The van der Waals surface area contributed by atoms with Gasteiger partial charge in [0.05, 0.1) is 22.7 Å². The molecular formula is C16H25NO2S. The fourth-order valence-electron chi connectivity index (χ4n) is 2.56. The molecule has 0 radical (unpaired) electrons. The number of nitrogens with one attached hydrogen (secondary N) is 1. The molecule has 4 heteroatoms. The van der Waals surface area contributed by atoms with Gasteiger partial charge in [-0.1, -0.05) is 19.9 Å². The van der Waals surface area contributed by atoms with E-state index in [2.05, 4.69) is 31.3 Å². The van der Waals surface area contributed by atoms with E-state index >= 15 is 0 Å². The number of aliphatic hydroxyl groups is 1. The van der Waals surface area contributed by atoms with Crippen LogP contribution in [-0.4, -0.2) is 34.3 Å². The zero-order valence-corrected chi connectivity index (χ0v) is 13.2. The number of fused-ring (bicyclic) bond motifs is 1. The van der Waals surface area contributed by atoms with Crippen molar-refractivity contribution >= 4 is 10.8 Å². The lowest BCUT2D eigenvalue weighted by Crippen LogP contribution is -2.33. The molecule has 0 aromatic heterocycles. The van der Waals surface area contributed by atoms with Crippen molar-refractivity contribution in [2.75, 3.05) is 18.8 Å². The van der Waals surface area contributed by atoms with E-state index in [1.165, 1.54) is 17.5 Å². The minimum absolute atomic E-state index is 0.309. The van der Waals surface area contributed by atoms with E-state index in [0.29, 0.717) is 18.2 Å². The number of hydrogen-bond acceptors (Lipinski definition) is 3. The first-order chi connectivity index (χ1) is 9.56. The summed E-state index contributed by atoms with van der Waals surface area (Å²) in [7, 11) is -1.11. The summed E-state index contributed by atoms with van der Waals surface area (Å²) in [5.41, 5.74) is 2.73. The normalized spacial score (nSPS) is 17.2. The van der Waals surface area contributed by atoms with Gasteiger partial charge in [0.25, 0.3) is 0 Å². The Kier molecular flexibility index (Phi) is 5.75. The van der Waals surface area contributed by atoms with E-state index in [4.69, 9.17) is 0 Å². The fraction of sp³-hybridized carbons (Fsp3) is 0.625. The van der Waals surface area contributed by atoms with Crippen LogP contribution in [-0.2, 0) is 23.6 Å². The molecule has 0 fully saturated rings. The van der Waals surface area contributed by atoms with Crippen LogP contribution in [0.25, 0.3) is 0 Å². The predicted molar refractivity (Wildman–Crippen MR) is 83.5 cm³/mol. The monoisotopic (exact) mass is 295 g/mol. The third-order valence-corrected chi connectivity index (χ3v) is 5.08. The number of hydrogen-bond donors (Lipinski definition) is 2. The summed E-state index contributed by atoms with van der Waals surface area (Å²) in [4.78, 5) is 0.855. The molecule has 2 N–H and O–H groups in total. The van der Waals surface area contributed by atoms with Crippen LogP contribution in [0.4, 0.5) is 0 Å². The summed E-state index contributed by atoms with van der Waals surface area (Å²) in [6.45, 7) is 5.64. The highest BCUT2D eigenvalue weighted by Gasteiger charge is 2.15. The van der Waals surface area contributed by atoms with Gasteiger partial charge < -0.3 is 10.4 Å². The minimum atomic E-state index is -1.11. The van der Waals surface area contributed by atoms with Crippen LogP contribution >= 0.6 is 0 Å². The molecular weight excluding hydrogens is 270 g/mol. The van der Waals surface area contributed by atoms with Gasteiger partial charge in [0, 0.05) is 11.4 Å². The Morgan fingerprint density at radius 3 is 2.75 bits per heavy atom. The second-order valence-corrected chi connectivity index (χ2v) is 7.50. The summed E-state index contributed by atoms with van der Waals surface area (Å²) in [6, 6.07) is 6.11. The first-order valence-corrected chi connectivity index (χ1v) is 8.77. The second-order valence-electron chi connectivity index (χ2n) is 6.00. The third kappa shape index (κ3) is 4.40. The lowest BCUT2D eigenvalue weighted by atomic mass is 10.1. The molecule has 3 nitrogen and oxygen atoms in total. The van der Waals surface area contributed by atoms with Crippen molar-refractivity contribution in [3.63, 3.8) is 0 Å². The van der Waals surface area contributed by atoms with Crippen LogP contribution in [0.5, 0.6) is 0 Å². The average Bonchev–Trinajstić information content (AvgIpc) is 2.85. The van der Waals surface area contributed by atoms with Crippen LogP contribution in [0.2, 0.25) is 0 Å². The summed E-state index contributed by atoms with van der Waals surface area (Å²) in [5, 5.41) is 13.1. The third-order valence-electron chi connectivity index (χ3n) is 3.61. The highest BCUT2D eigenvalue weighted by molar-refractivity contribution is 7.85. The highest BCUT2D eigenvalue weighted by atomic mass is 32.2. The van der Waals surface area contributed by atoms with Gasteiger partial charge in [-0.2, -0.15) is 0 Å². The molecule has 0 bridgehead atoms. The molecule has 1 aliphatic carbocycles. The molecule has 0 heterocycles. The molecule has 2 unspecified atom stereocenters. The van der Waals surface area contributed by atoms with Gasteiger partial charge in [-0.05, 0) is 55.0 Å². The molecule has 0 spiro atoms. The van der Waals surface area contributed by atoms with Gasteiger partial charge in [0.2, 0.25) is 0 Å². The van der Waals surface area contributed by atoms with E-state index in [9.17, 15) is 9.32 Å². The molecule has 0 saturated carbocycles. The van der Waals surface area contributed by atoms with Gasteiger partial charge in [0.15, 0.2) is 0 Å². The van der Waals surface area contributed by atoms with Crippen LogP contribution in [0, 0.1) is 5.92 Å². The lowest BCUT2D eigenvalue weighted by molar-refractivity contribution is 0.193.